The molecule has 0 N–H and O–H groups in total. The van der Waals surface area contributed by atoms with Crippen molar-refractivity contribution in [3.05, 3.63) is 48.5 Å². The quantitative estimate of drug-likeness (QED) is 0.735. The number of ketones is 1. The first kappa shape index (κ1) is 10.4. The Bertz CT molecular complexity index is 526. The number of hydrogen-bond donors (Lipinski definition) is 0. The number of rotatable bonds is 3. The highest BCUT2D eigenvalue weighted by atomic mass is 16.4. The van der Waals surface area contributed by atoms with Crippen LogP contribution in [0.2, 0.25) is 0 Å². The highest BCUT2D eigenvalue weighted by Gasteiger charge is 2.16. The molecular formula is C13H11NO2. The second-order valence-corrected chi connectivity index (χ2v) is 3.36. The standard InChI is InChI=1S/C13H11NO2/c1-3-11-14-12(9(2)15)13(16-11)10-7-5-4-6-8-10/h3-8H,1H2,2H3. The van der Waals surface area contributed by atoms with Crippen LogP contribution in [0.3, 0.4) is 0 Å². The van der Waals surface area contributed by atoms with E-state index in [2.05, 4.69) is 11.6 Å². The lowest BCUT2D eigenvalue weighted by Crippen LogP contribution is -1.94. The molecule has 0 bridgehead atoms. The lowest BCUT2D eigenvalue weighted by atomic mass is 10.1. The number of benzene rings is 1. The van der Waals surface area contributed by atoms with Crippen LogP contribution in [-0.4, -0.2) is 10.8 Å². The third-order valence-electron chi connectivity index (χ3n) is 2.19. The average Bonchev–Trinajstić information content (AvgIpc) is 2.74. The SMILES string of the molecule is C=Cc1nc(C(C)=O)c(-c2ccccc2)o1. The molecule has 0 aliphatic heterocycles. The summed E-state index contributed by atoms with van der Waals surface area (Å²) in [5.74, 6) is 0.753. The number of oxazole rings is 1. The Kier molecular flexibility index (Phi) is 2.68. The predicted molar refractivity (Wildman–Crippen MR) is 62.0 cm³/mol. The third kappa shape index (κ3) is 1.80. The fourth-order valence-corrected chi connectivity index (χ4v) is 1.45. The minimum Gasteiger partial charge on any atom is -0.436 e. The van der Waals surface area contributed by atoms with Crippen LogP contribution in [0, 0.1) is 0 Å². The second-order valence-electron chi connectivity index (χ2n) is 3.36. The number of aromatic nitrogens is 1. The molecule has 1 heterocycles. The molecule has 0 saturated heterocycles. The van der Waals surface area contributed by atoms with Crippen molar-refractivity contribution in [3.8, 4) is 11.3 Å². The van der Waals surface area contributed by atoms with Crippen LogP contribution in [0.4, 0.5) is 0 Å². The molecule has 2 aromatic rings. The molecular weight excluding hydrogens is 202 g/mol. The first-order chi connectivity index (χ1) is 7.72. The maximum absolute atomic E-state index is 11.4. The molecule has 80 valence electrons. The zero-order valence-electron chi connectivity index (χ0n) is 8.93. The van der Waals surface area contributed by atoms with Crippen molar-refractivity contribution in [1.29, 1.82) is 0 Å². The van der Waals surface area contributed by atoms with E-state index in [1.807, 2.05) is 30.3 Å². The van der Waals surface area contributed by atoms with Crippen molar-refractivity contribution in [1.82, 2.24) is 4.98 Å². The van der Waals surface area contributed by atoms with Crippen LogP contribution < -0.4 is 0 Å². The lowest BCUT2D eigenvalue weighted by Gasteiger charge is -1.96. The summed E-state index contributed by atoms with van der Waals surface area (Å²) in [6, 6.07) is 9.42. The summed E-state index contributed by atoms with van der Waals surface area (Å²) >= 11 is 0. The number of nitrogens with zero attached hydrogens (tertiary/aromatic N) is 1. The fourth-order valence-electron chi connectivity index (χ4n) is 1.45. The monoisotopic (exact) mass is 213 g/mol. The Morgan fingerprint density at radius 3 is 2.62 bits per heavy atom. The van der Waals surface area contributed by atoms with E-state index in [0.717, 1.165) is 5.56 Å². The van der Waals surface area contributed by atoms with E-state index in [-0.39, 0.29) is 5.78 Å². The molecule has 0 radical (unpaired) electrons. The normalized spacial score (nSPS) is 10.1. The maximum atomic E-state index is 11.4. The average molecular weight is 213 g/mol. The summed E-state index contributed by atoms with van der Waals surface area (Å²) in [5, 5.41) is 0. The van der Waals surface area contributed by atoms with Crippen molar-refractivity contribution in [3.63, 3.8) is 0 Å². The van der Waals surface area contributed by atoms with E-state index >= 15 is 0 Å². The highest BCUT2D eigenvalue weighted by molar-refractivity contribution is 5.97. The molecule has 1 aromatic carbocycles. The van der Waals surface area contributed by atoms with E-state index in [0.29, 0.717) is 17.3 Å². The molecule has 2 rings (SSSR count). The molecule has 0 unspecified atom stereocenters. The number of hydrogen-bond acceptors (Lipinski definition) is 3. The molecule has 3 nitrogen and oxygen atoms in total. The van der Waals surface area contributed by atoms with Gasteiger partial charge in [-0.1, -0.05) is 36.9 Å². The van der Waals surface area contributed by atoms with Gasteiger partial charge in [-0.2, -0.15) is 0 Å². The Morgan fingerprint density at radius 2 is 2.06 bits per heavy atom. The van der Waals surface area contributed by atoms with Gasteiger partial charge >= 0.3 is 0 Å². The molecule has 0 amide bonds. The van der Waals surface area contributed by atoms with Gasteiger partial charge in [0.2, 0.25) is 5.89 Å². The smallest absolute Gasteiger partial charge is 0.219 e. The molecule has 3 heteroatoms. The molecule has 1 aromatic heterocycles. The summed E-state index contributed by atoms with van der Waals surface area (Å²) in [4.78, 5) is 15.5. The van der Waals surface area contributed by atoms with Crippen LogP contribution >= 0.6 is 0 Å². The fraction of sp³-hybridized carbons (Fsp3) is 0.0769. The van der Waals surface area contributed by atoms with E-state index < -0.39 is 0 Å². The summed E-state index contributed by atoms with van der Waals surface area (Å²) in [7, 11) is 0. The molecule has 16 heavy (non-hydrogen) atoms. The van der Waals surface area contributed by atoms with Crippen LogP contribution in [0.15, 0.2) is 41.3 Å². The maximum Gasteiger partial charge on any atom is 0.219 e. The van der Waals surface area contributed by atoms with E-state index in [1.54, 1.807) is 0 Å². The molecule has 0 saturated carbocycles. The largest absolute Gasteiger partial charge is 0.436 e. The van der Waals surface area contributed by atoms with E-state index in [9.17, 15) is 4.79 Å². The van der Waals surface area contributed by atoms with Crippen LogP contribution in [-0.2, 0) is 0 Å². The van der Waals surface area contributed by atoms with Gasteiger partial charge in [0.25, 0.3) is 0 Å². The van der Waals surface area contributed by atoms with Gasteiger partial charge in [0.05, 0.1) is 0 Å². The highest BCUT2D eigenvalue weighted by Crippen LogP contribution is 2.25. The van der Waals surface area contributed by atoms with Gasteiger partial charge in [0.1, 0.15) is 0 Å². The summed E-state index contributed by atoms with van der Waals surface area (Å²) < 4.78 is 5.46. The van der Waals surface area contributed by atoms with Gasteiger partial charge in [0, 0.05) is 12.5 Å². The Balaban J connectivity index is 2.59. The van der Waals surface area contributed by atoms with Crippen LogP contribution in [0.1, 0.15) is 23.3 Å². The minimum absolute atomic E-state index is 0.115. The lowest BCUT2D eigenvalue weighted by molar-refractivity contribution is 0.101. The Hall–Kier alpha value is -2.16. The molecule has 0 atom stereocenters. The zero-order chi connectivity index (χ0) is 11.5. The van der Waals surface area contributed by atoms with E-state index in [1.165, 1.54) is 13.0 Å². The third-order valence-corrected chi connectivity index (χ3v) is 2.19. The number of carbonyl (C=O) groups excluding carboxylic acids is 1. The molecule has 0 fully saturated rings. The van der Waals surface area contributed by atoms with Gasteiger partial charge in [0.15, 0.2) is 17.2 Å². The molecule has 0 spiro atoms. The van der Waals surface area contributed by atoms with E-state index in [4.69, 9.17) is 4.42 Å². The van der Waals surface area contributed by atoms with Crippen molar-refractivity contribution in [2.45, 2.75) is 6.92 Å². The number of carbonyl (C=O) groups is 1. The Labute approximate surface area is 93.4 Å². The predicted octanol–water partition coefficient (Wildman–Crippen LogP) is 3.19. The van der Waals surface area contributed by atoms with Gasteiger partial charge in [-0.3, -0.25) is 4.79 Å². The van der Waals surface area contributed by atoms with Crippen molar-refractivity contribution >= 4 is 11.9 Å². The zero-order valence-corrected chi connectivity index (χ0v) is 8.93. The molecule has 0 aliphatic carbocycles. The number of Topliss-reactive ketones (excluding diaryl/α,β-unsaturated/α-hetero) is 1. The van der Waals surface area contributed by atoms with Gasteiger partial charge in [-0.15, -0.1) is 0 Å². The summed E-state index contributed by atoms with van der Waals surface area (Å²) in [6.07, 6.45) is 1.48. The summed E-state index contributed by atoms with van der Waals surface area (Å²) in [5.41, 5.74) is 1.19. The topological polar surface area (TPSA) is 43.1 Å². The second kappa shape index (κ2) is 4.14. The molecule has 0 aliphatic rings. The van der Waals surface area contributed by atoms with Gasteiger partial charge < -0.3 is 4.42 Å². The first-order valence-corrected chi connectivity index (χ1v) is 4.92. The van der Waals surface area contributed by atoms with Gasteiger partial charge in [-0.25, -0.2) is 4.98 Å². The van der Waals surface area contributed by atoms with Crippen LogP contribution in [0.25, 0.3) is 17.4 Å². The van der Waals surface area contributed by atoms with Crippen molar-refractivity contribution in [2.24, 2.45) is 0 Å². The van der Waals surface area contributed by atoms with Crippen molar-refractivity contribution < 1.29 is 9.21 Å². The first-order valence-electron chi connectivity index (χ1n) is 4.92. The van der Waals surface area contributed by atoms with Crippen molar-refractivity contribution in [2.75, 3.05) is 0 Å². The van der Waals surface area contributed by atoms with Crippen LogP contribution in [0.5, 0.6) is 0 Å². The van der Waals surface area contributed by atoms with Gasteiger partial charge in [-0.05, 0) is 6.08 Å². The minimum atomic E-state index is -0.115. The Morgan fingerprint density at radius 1 is 1.38 bits per heavy atom. The summed E-state index contributed by atoms with van der Waals surface area (Å²) in [6.45, 7) is 5.04.